The molecule has 1 aromatic rings. The molecule has 4 heteroatoms. The first-order chi connectivity index (χ1) is 5.77. The van der Waals surface area contributed by atoms with Gasteiger partial charge in [0, 0.05) is 13.6 Å². The van der Waals surface area contributed by atoms with E-state index in [9.17, 15) is 0 Å². The minimum absolute atomic E-state index is 0.665. The van der Waals surface area contributed by atoms with Gasteiger partial charge < -0.3 is 10.6 Å². The van der Waals surface area contributed by atoms with Gasteiger partial charge in [0.25, 0.3) is 0 Å². The number of nitrogens with two attached hydrogens (primary N) is 1. The van der Waals surface area contributed by atoms with Gasteiger partial charge in [-0.05, 0) is 18.8 Å². The second-order valence-electron chi connectivity index (χ2n) is 3.49. The summed E-state index contributed by atoms with van der Waals surface area (Å²) in [7, 11) is 2.06. The second-order valence-corrected chi connectivity index (χ2v) is 3.49. The van der Waals surface area contributed by atoms with Gasteiger partial charge in [0.05, 0.1) is 11.9 Å². The fourth-order valence-electron chi connectivity index (χ4n) is 1.38. The van der Waals surface area contributed by atoms with Gasteiger partial charge >= 0.3 is 0 Å². The van der Waals surface area contributed by atoms with Crippen molar-refractivity contribution in [1.29, 1.82) is 0 Å². The van der Waals surface area contributed by atoms with E-state index < -0.39 is 0 Å². The summed E-state index contributed by atoms with van der Waals surface area (Å²) in [6.07, 6.45) is 4.50. The fraction of sp³-hybridized carbons (Fsp3) is 0.625. The van der Waals surface area contributed by atoms with Crippen LogP contribution in [0, 0.1) is 5.92 Å². The van der Waals surface area contributed by atoms with Crippen LogP contribution in [-0.4, -0.2) is 23.8 Å². The Morgan fingerprint density at radius 2 is 2.50 bits per heavy atom. The van der Waals surface area contributed by atoms with Crippen molar-refractivity contribution >= 4 is 11.5 Å². The Morgan fingerprint density at radius 1 is 1.75 bits per heavy atom. The lowest BCUT2D eigenvalue weighted by atomic mass is 10.3. The van der Waals surface area contributed by atoms with Crippen molar-refractivity contribution < 1.29 is 0 Å². The number of aromatic nitrogens is 2. The van der Waals surface area contributed by atoms with E-state index in [0.717, 1.165) is 18.2 Å². The molecule has 1 saturated carbocycles. The van der Waals surface area contributed by atoms with Crippen LogP contribution in [0.4, 0.5) is 11.5 Å². The zero-order chi connectivity index (χ0) is 8.55. The van der Waals surface area contributed by atoms with E-state index in [1.807, 2.05) is 0 Å². The Morgan fingerprint density at radius 3 is 3.00 bits per heavy atom. The SMILES string of the molecule is CN(CC1CC1)c1cn[nH]c1N. The summed E-state index contributed by atoms with van der Waals surface area (Å²) in [5.74, 6) is 1.54. The van der Waals surface area contributed by atoms with Crippen LogP contribution < -0.4 is 10.6 Å². The zero-order valence-electron chi connectivity index (χ0n) is 7.25. The first-order valence-corrected chi connectivity index (χ1v) is 4.27. The first kappa shape index (κ1) is 7.46. The number of hydrogen-bond acceptors (Lipinski definition) is 3. The molecule has 0 bridgehead atoms. The van der Waals surface area contributed by atoms with E-state index in [1.165, 1.54) is 12.8 Å². The third kappa shape index (κ3) is 1.37. The Balaban J connectivity index is 2.02. The van der Waals surface area contributed by atoms with Crippen LogP contribution in [0.5, 0.6) is 0 Å². The Hall–Kier alpha value is -1.19. The van der Waals surface area contributed by atoms with Crippen molar-refractivity contribution in [2.45, 2.75) is 12.8 Å². The number of anilines is 2. The molecule has 2 rings (SSSR count). The lowest BCUT2D eigenvalue weighted by Gasteiger charge is -2.16. The van der Waals surface area contributed by atoms with Gasteiger partial charge in [0.2, 0.25) is 0 Å². The third-order valence-corrected chi connectivity index (χ3v) is 2.29. The van der Waals surface area contributed by atoms with Crippen LogP contribution in [0.3, 0.4) is 0 Å². The molecule has 0 saturated heterocycles. The van der Waals surface area contributed by atoms with E-state index in [-0.39, 0.29) is 0 Å². The minimum Gasteiger partial charge on any atom is -0.382 e. The number of nitrogen functional groups attached to an aromatic ring is 1. The molecule has 1 aromatic heterocycles. The summed E-state index contributed by atoms with van der Waals surface area (Å²) in [4.78, 5) is 2.16. The maximum atomic E-state index is 5.68. The maximum Gasteiger partial charge on any atom is 0.142 e. The van der Waals surface area contributed by atoms with Crippen molar-refractivity contribution in [2.75, 3.05) is 24.2 Å². The molecular weight excluding hydrogens is 152 g/mol. The van der Waals surface area contributed by atoms with Crippen molar-refractivity contribution in [3.05, 3.63) is 6.20 Å². The number of nitrogens with one attached hydrogen (secondary N) is 1. The quantitative estimate of drug-likeness (QED) is 0.699. The highest BCUT2D eigenvalue weighted by atomic mass is 15.2. The zero-order valence-corrected chi connectivity index (χ0v) is 7.25. The monoisotopic (exact) mass is 166 g/mol. The average molecular weight is 166 g/mol. The molecule has 0 aromatic carbocycles. The molecular formula is C8H14N4. The van der Waals surface area contributed by atoms with Crippen LogP contribution in [0.2, 0.25) is 0 Å². The van der Waals surface area contributed by atoms with Gasteiger partial charge in [-0.25, -0.2) is 0 Å². The van der Waals surface area contributed by atoms with Gasteiger partial charge in [0.1, 0.15) is 5.82 Å². The second kappa shape index (κ2) is 2.69. The van der Waals surface area contributed by atoms with Crippen LogP contribution in [-0.2, 0) is 0 Å². The molecule has 0 spiro atoms. The van der Waals surface area contributed by atoms with Gasteiger partial charge in [-0.1, -0.05) is 0 Å². The van der Waals surface area contributed by atoms with Crippen LogP contribution in [0.1, 0.15) is 12.8 Å². The molecule has 1 heterocycles. The van der Waals surface area contributed by atoms with Crippen LogP contribution in [0.25, 0.3) is 0 Å². The lowest BCUT2D eigenvalue weighted by molar-refractivity contribution is 0.788. The first-order valence-electron chi connectivity index (χ1n) is 4.27. The fourth-order valence-corrected chi connectivity index (χ4v) is 1.38. The summed E-state index contributed by atoms with van der Waals surface area (Å²) in [6.45, 7) is 1.10. The van der Waals surface area contributed by atoms with Crippen molar-refractivity contribution in [3.8, 4) is 0 Å². The van der Waals surface area contributed by atoms with E-state index in [2.05, 4.69) is 22.1 Å². The van der Waals surface area contributed by atoms with Gasteiger partial charge in [0.15, 0.2) is 0 Å². The highest BCUT2D eigenvalue weighted by molar-refractivity contribution is 5.61. The number of hydrogen-bond donors (Lipinski definition) is 2. The van der Waals surface area contributed by atoms with E-state index >= 15 is 0 Å². The number of nitrogens with zero attached hydrogens (tertiary/aromatic N) is 2. The highest BCUT2D eigenvalue weighted by Gasteiger charge is 2.23. The molecule has 66 valence electrons. The van der Waals surface area contributed by atoms with Crippen molar-refractivity contribution in [3.63, 3.8) is 0 Å². The van der Waals surface area contributed by atoms with Gasteiger partial charge in [-0.15, -0.1) is 0 Å². The molecule has 1 fully saturated rings. The Labute approximate surface area is 71.7 Å². The average Bonchev–Trinajstić information content (AvgIpc) is 2.72. The standard InChI is InChI=1S/C8H14N4/c1-12(5-6-2-3-6)7-4-10-11-8(7)9/h4,6H,2-3,5H2,1H3,(H3,9,10,11). The number of H-pyrrole nitrogens is 1. The lowest BCUT2D eigenvalue weighted by Crippen LogP contribution is -2.20. The maximum absolute atomic E-state index is 5.68. The van der Waals surface area contributed by atoms with Crippen molar-refractivity contribution in [1.82, 2.24) is 10.2 Å². The number of rotatable bonds is 3. The van der Waals surface area contributed by atoms with E-state index in [4.69, 9.17) is 5.73 Å². The van der Waals surface area contributed by atoms with Gasteiger partial charge in [-0.2, -0.15) is 5.10 Å². The molecule has 0 unspecified atom stereocenters. The molecule has 0 amide bonds. The normalized spacial score (nSPS) is 16.4. The third-order valence-electron chi connectivity index (χ3n) is 2.29. The predicted molar refractivity (Wildman–Crippen MR) is 49.0 cm³/mol. The minimum atomic E-state index is 0.665. The smallest absolute Gasteiger partial charge is 0.142 e. The molecule has 3 N–H and O–H groups in total. The summed E-state index contributed by atoms with van der Waals surface area (Å²) >= 11 is 0. The highest BCUT2D eigenvalue weighted by Crippen LogP contribution is 2.31. The molecule has 0 radical (unpaired) electrons. The van der Waals surface area contributed by atoms with Crippen LogP contribution >= 0.6 is 0 Å². The van der Waals surface area contributed by atoms with Crippen LogP contribution in [0.15, 0.2) is 6.20 Å². The molecule has 12 heavy (non-hydrogen) atoms. The van der Waals surface area contributed by atoms with Crippen molar-refractivity contribution in [2.24, 2.45) is 5.92 Å². The van der Waals surface area contributed by atoms with E-state index in [0.29, 0.717) is 5.82 Å². The Bertz CT molecular complexity index is 264. The predicted octanol–water partition coefficient (Wildman–Crippen LogP) is 0.838. The summed E-state index contributed by atoms with van der Waals surface area (Å²) < 4.78 is 0. The number of aromatic amines is 1. The van der Waals surface area contributed by atoms with Gasteiger partial charge in [-0.3, -0.25) is 5.10 Å². The molecule has 0 atom stereocenters. The topological polar surface area (TPSA) is 57.9 Å². The summed E-state index contributed by atoms with van der Waals surface area (Å²) in [5, 5.41) is 6.61. The summed E-state index contributed by atoms with van der Waals surface area (Å²) in [5.41, 5.74) is 6.69. The van der Waals surface area contributed by atoms with E-state index in [1.54, 1.807) is 6.20 Å². The summed E-state index contributed by atoms with van der Waals surface area (Å²) in [6, 6.07) is 0. The molecule has 0 aliphatic heterocycles. The largest absolute Gasteiger partial charge is 0.382 e. The molecule has 1 aliphatic carbocycles. The molecule has 1 aliphatic rings. The molecule has 4 nitrogen and oxygen atoms in total. The Kier molecular flexibility index (Phi) is 1.67.